The van der Waals surface area contributed by atoms with Crippen LogP contribution in [0.15, 0.2) is 44.0 Å². The average molecular weight is 318 g/mol. The topological polar surface area (TPSA) is 41.6 Å². The van der Waals surface area contributed by atoms with E-state index in [1.807, 2.05) is 39.1 Å². The highest BCUT2D eigenvalue weighted by molar-refractivity contribution is 5.56. The van der Waals surface area contributed by atoms with Gasteiger partial charge < -0.3 is 4.98 Å². The molecular formula is C20H35N3. The SMILES string of the molecule is C=C.CC.CCCCC(C)C.Cc1ccc(-c2cnc[nH]2)cn1. The van der Waals surface area contributed by atoms with E-state index >= 15 is 0 Å². The van der Waals surface area contributed by atoms with Gasteiger partial charge >= 0.3 is 0 Å². The van der Waals surface area contributed by atoms with E-state index < -0.39 is 0 Å². The first-order chi connectivity index (χ1) is 11.1. The zero-order valence-electron chi connectivity index (χ0n) is 15.9. The predicted molar refractivity (Wildman–Crippen MR) is 104 cm³/mol. The minimum absolute atomic E-state index is 0.903. The van der Waals surface area contributed by atoms with E-state index in [0.29, 0.717) is 0 Å². The third-order valence-electron chi connectivity index (χ3n) is 2.86. The third-order valence-corrected chi connectivity index (χ3v) is 2.86. The molecule has 3 heteroatoms. The summed E-state index contributed by atoms with van der Waals surface area (Å²) in [5.41, 5.74) is 3.10. The fraction of sp³-hybridized carbons (Fsp3) is 0.500. The molecule has 0 aliphatic rings. The predicted octanol–water partition coefficient (Wildman–Crippen LogP) is 6.44. The van der Waals surface area contributed by atoms with E-state index in [1.54, 1.807) is 12.5 Å². The molecular weight excluding hydrogens is 282 g/mol. The van der Waals surface area contributed by atoms with Crippen molar-refractivity contribution >= 4 is 0 Å². The summed E-state index contributed by atoms with van der Waals surface area (Å²) in [7, 11) is 0. The van der Waals surface area contributed by atoms with Crippen LogP contribution in [0, 0.1) is 12.8 Å². The number of aryl methyl sites for hydroxylation is 1. The summed E-state index contributed by atoms with van der Waals surface area (Å²) in [4.78, 5) is 11.1. The van der Waals surface area contributed by atoms with E-state index in [9.17, 15) is 0 Å². The Bertz CT molecular complexity index is 444. The highest BCUT2D eigenvalue weighted by atomic mass is 14.9. The molecule has 0 spiro atoms. The lowest BCUT2D eigenvalue weighted by Gasteiger charge is -1.98. The van der Waals surface area contributed by atoms with Crippen molar-refractivity contribution in [1.29, 1.82) is 0 Å². The van der Waals surface area contributed by atoms with Crippen molar-refractivity contribution in [3.63, 3.8) is 0 Å². The maximum absolute atomic E-state index is 4.19. The minimum Gasteiger partial charge on any atom is -0.345 e. The second-order valence-corrected chi connectivity index (χ2v) is 5.19. The maximum atomic E-state index is 4.19. The number of hydrogen-bond donors (Lipinski definition) is 1. The van der Waals surface area contributed by atoms with Gasteiger partial charge in [-0.3, -0.25) is 4.98 Å². The highest BCUT2D eigenvalue weighted by Crippen LogP contribution is 2.13. The number of pyridine rings is 1. The average Bonchev–Trinajstić information content (AvgIpc) is 3.12. The molecule has 0 aliphatic carbocycles. The molecule has 130 valence electrons. The van der Waals surface area contributed by atoms with Crippen LogP contribution in [0.4, 0.5) is 0 Å². The lowest BCUT2D eigenvalue weighted by molar-refractivity contribution is 0.550. The van der Waals surface area contributed by atoms with Crippen LogP contribution < -0.4 is 0 Å². The van der Waals surface area contributed by atoms with Gasteiger partial charge in [-0.15, -0.1) is 13.2 Å². The smallest absolute Gasteiger partial charge is 0.0924 e. The summed E-state index contributed by atoms with van der Waals surface area (Å²) in [5, 5.41) is 0. The molecule has 0 aromatic carbocycles. The number of aromatic nitrogens is 3. The number of rotatable bonds is 4. The quantitative estimate of drug-likeness (QED) is 0.659. The zero-order valence-corrected chi connectivity index (χ0v) is 15.9. The van der Waals surface area contributed by atoms with Gasteiger partial charge in [0, 0.05) is 17.5 Å². The fourth-order valence-electron chi connectivity index (χ4n) is 1.65. The standard InChI is InChI=1S/C9H9N3.C7H16.C2H6.C2H4/c1-7-2-3-8(4-11-7)9-5-10-6-12-9;1-4-5-6-7(2)3;2*1-2/h2-6H,1H3,(H,10,12);7H,4-6H2,1-3H3;1-2H3;1-2H2. The molecule has 0 bridgehead atoms. The second kappa shape index (κ2) is 16.5. The molecule has 2 rings (SSSR count). The molecule has 2 aromatic heterocycles. The molecule has 0 aliphatic heterocycles. The largest absolute Gasteiger partial charge is 0.345 e. The Morgan fingerprint density at radius 1 is 1.13 bits per heavy atom. The second-order valence-electron chi connectivity index (χ2n) is 5.19. The van der Waals surface area contributed by atoms with E-state index in [1.165, 1.54) is 19.3 Å². The summed E-state index contributed by atoms with van der Waals surface area (Å²) >= 11 is 0. The van der Waals surface area contributed by atoms with Crippen LogP contribution in [0.5, 0.6) is 0 Å². The van der Waals surface area contributed by atoms with Crippen LogP contribution in [0.3, 0.4) is 0 Å². The number of hydrogen-bond acceptors (Lipinski definition) is 2. The van der Waals surface area contributed by atoms with Gasteiger partial charge in [-0.05, 0) is 25.0 Å². The van der Waals surface area contributed by atoms with Crippen LogP contribution in [-0.2, 0) is 0 Å². The molecule has 0 amide bonds. The number of H-pyrrole nitrogens is 1. The van der Waals surface area contributed by atoms with Crippen molar-refractivity contribution in [3.05, 3.63) is 49.7 Å². The van der Waals surface area contributed by atoms with Gasteiger partial charge in [0.25, 0.3) is 0 Å². The Hall–Kier alpha value is -1.90. The van der Waals surface area contributed by atoms with Gasteiger partial charge in [0.1, 0.15) is 0 Å². The summed E-state index contributed by atoms with van der Waals surface area (Å²) in [6.45, 7) is 18.8. The van der Waals surface area contributed by atoms with Crippen molar-refractivity contribution in [1.82, 2.24) is 15.0 Å². The van der Waals surface area contributed by atoms with Crippen molar-refractivity contribution in [3.8, 4) is 11.3 Å². The summed E-state index contributed by atoms with van der Waals surface area (Å²) in [5.74, 6) is 0.903. The van der Waals surface area contributed by atoms with E-state index in [4.69, 9.17) is 0 Å². The molecule has 2 aromatic rings. The molecule has 0 unspecified atom stereocenters. The fourth-order valence-corrected chi connectivity index (χ4v) is 1.65. The van der Waals surface area contributed by atoms with Crippen LogP contribution in [0.1, 0.15) is 59.6 Å². The highest BCUT2D eigenvalue weighted by Gasteiger charge is 1.96. The van der Waals surface area contributed by atoms with E-state index in [0.717, 1.165) is 22.9 Å². The van der Waals surface area contributed by atoms with E-state index in [-0.39, 0.29) is 0 Å². The normalized spacial score (nSPS) is 8.83. The molecule has 0 fully saturated rings. The summed E-state index contributed by atoms with van der Waals surface area (Å²) in [6.07, 6.45) is 9.43. The molecule has 0 atom stereocenters. The monoisotopic (exact) mass is 317 g/mol. The Labute approximate surface area is 143 Å². The molecule has 2 heterocycles. The summed E-state index contributed by atoms with van der Waals surface area (Å²) in [6, 6.07) is 4.01. The molecule has 23 heavy (non-hydrogen) atoms. The van der Waals surface area contributed by atoms with Crippen LogP contribution in [-0.4, -0.2) is 15.0 Å². The minimum atomic E-state index is 0.903. The molecule has 3 nitrogen and oxygen atoms in total. The number of nitrogens with zero attached hydrogens (tertiary/aromatic N) is 2. The molecule has 1 N–H and O–H groups in total. The maximum Gasteiger partial charge on any atom is 0.0924 e. The Balaban J connectivity index is 0. The van der Waals surface area contributed by atoms with Crippen molar-refractivity contribution < 1.29 is 0 Å². The number of aromatic amines is 1. The van der Waals surface area contributed by atoms with Gasteiger partial charge in [0.05, 0.1) is 18.2 Å². The van der Waals surface area contributed by atoms with Gasteiger partial charge in [-0.1, -0.05) is 53.9 Å². The Morgan fingerprint density at radius 2 is 1.78 bits per heavy atom. The lowest BCUT2D eigenvalue weighted by atomic mass is 10.1. The number of imidazole rings is 1. The number of nitrogens with one attached hydrogen (secondary N) is 1. The van der Waals surface area contributed by atoms with Crippen LogP contribution in [0.2, 0.25) is 0 Å². The first kappa shape index (κ1) is 23.4. The van der Waals surface area contributed by atoms with Gasteiger partial charge in [0.15, 0.2) is 0 Å². The van der Waals surface area contributed by atoms with Gasteiger partial charge in [0.2, 0.25) is 0 Å². The first-order valence-corrected chi connectivity index (χ1v) is 8.54. The van der Waals surface area contributed by atoms with Crippen molar-refractivity contribution in [2.75, 3.05) is 0 Å². The van der Waals surface area contributed by atoms with Crippen LogP contribution >= 0.6 is 0 Å². The molecule has 0 saturated carbocycles. The third kappa shape index (κ3) is 12.3. The first-order valence-electron chi connectivity index (χ1n) is 8.54. The van der Waals surface area contributed by atoms with Gasteiger partial charge in [-0.25, -0.2) is 4.98 Å². The van der Waals surface area contributed by atoms with Crippen molar-refractivity contribution in [2.45, 2.75) is 60.8 Å². The Morgan fingerprint density at radius 3 is 2.13 bits per heavy atom. The zero-order chi connectivity index (χ0) is 18.1. The molecule has 0 radical (unpaired) electrons. The lowest BCUT2D eigenvalue weighted by Crippen LogP contribution is -1.83. The van der Waals surface area contributed by atoms with Crippen molar-refractivity contribution in [2.24, 2.45) is 5.92 Å². The Kier molecular flexibility index (Phi) is 16.7. The van der Waals surface area contributed by atoms with E-state index in [2.05, 4.69) is 48.9 Å². The number of unbranched alkanes of at least 4 members (excludes halogenated alkanes) is 1. The van der Waals surface area contributed by atoms with Crippen LogP contribution in [0.25, 0.3) is 11.3 Å². The van der Waals surface area contributed by atoms with Gasteiger partial charge in [-0.2, -0.15) is 0 Å². The molecule has 0 saturated heterocycles. The summed E-state index contributed by atoms with van der Waals surface area (Å²) < 4.78 is 0.